The number of hydrogen-bond donors (Lipinski definition) is 1. The summed E-state index contributed by atoms with van der Waals surface area (Å²) in [4.78, 5) is 16.7. The molecule has 5 nitrogen and oxygen atoms in total. The Labute approximate surface area is 131 Å². The lowest BCUT2D eigenvalue weighted by atomic mass is 10.1. The summed E-state index contributed by atoms with van der Waals surface area (Å²) in [7, 11) is 1.92. The minimum absolute atomic E-state index is 0.0381. The fourth-order valence-electron chi connectivity index (χ4n) is 2.59. The van der Waals surface area contributed by atoms with Crippen LogP contribution in [-0.4, -0.2) is 20.7 Å². The van der Waals surface area contributed by atoms with Crippen molar-refractivity contribution in [2.24, 2.45) is 7.05 Å². The summed E-state index contributed by atoms with van der Waals surface area (Å²) >= 11 is 0. The SMILES string of the molecule is CCCc1nn(C)c(CCC)c1C(=O)NCc1cccnc1. The van der Waals surface area contributed by atoms with Crippen LogP contribution in [0.5, 0.6) is 0 Å². The topological polar surface area (TPSA) is 59.8 Å². The lowest BCUT2D eigenvalue weighted by Gasteiger charge is -2.08. The van der Waals surface area contributed by atoms with Crippen LogP contribution in [0.4, 0.5) is 0 Å². The molecule has 5 heteroatoms. The fraction of sp³-hybridized carbons (Fsp3) is 0.471. The summed E-state index contributed by atoms with van der Waals surface area (Å²) in [6.45, 7) is 4.70. The Morgan fingerprint density at radius 1 is 1.27 bits per heavy atom. The molecule has 22 heavy (non-hydrogen) atoms. The zero-order valence-corrected chi connectivity index (χ0v) is 13.6. The molecule has 1 N–H and O–H groups in total. The Balaban J connectivity index is 2.19. The van der Waals surface area contributed by atoms with Crippen LogP contribution in [0.3, 0.4) is 0 Å². The summed E-state index contributed by atoms with van der Waals surface area (Å²) in [6.07, 6.45) is 7.16. The van der Waals surface area contributed by atoms with E-state index < -0.39 is 0 Å². The zero-order chi connectivity index (χ0) is 15.9. The summed E-state index contributed by atoms with van der Waals surface area (Å²) in [5.41, 5.74) is 3.68. The molecule has 0 saturated heterocycles. The number of aromatic nitrogens is 3. The number of nitrogens with one attached hydrogen (secondary N) is 1. The van der Waals surface area contributed by atoms with E-state index in [1.807, 2.05) is 23.9 Å². The fourth-order valence-corrected chi connectivity index (χ4v) is 2.59. The lowest BCUT2D eigenvalue weighted by Crippen LogP contribution is -2.25. The van der Waals surface area contributed by atoms with Gasteiger partial charge in [-0.15, -0.1) is 0 Å². The molecule has 0 fully saturated rings. The quantitative estimate of drug-likeness (QED) is 0.855. The number of pyridine rings is 1. The van der Waals surface area contributed by atoms with Gasteiger partial charge in [-0.05, 0) is 24.5 Å². The molecule has 2 aromatic rings. The molecule has 2 rings (SSSR count). The van der Waals surface area contributed by atoms with E-state index in [0.29, 0.717) is 6.54 Å². The third-order valence-electron chi connectivity index (χ3n) is 3.62. The normalized spacial score (nSPS) is 10.7. The van der Waals surface area contributed by atoms with Crippen molar-refractivity contribution in [3.05, 3.63) is 47.0 Å². The van der Waals surface area contributed by atoms with Crippen molar-refractivity contribution in [3.63, 3.8) is 0 Å². The van der Waals surface area contributed by atoms with Crippen molar-refractivity contribution in [1.29, 1.82) is 0 Å². The molecule has 0 aromatic carbocycles. The average molecular weight is 300 g/mol. The number of nitrogens with zero attached hydrogens (tertiary/aromatic N) is 3. The Kier molecular flexibility index (Phi) is 5.69. The molecule has 0 spiro atoms. The van der Waals surface area contributed by atoms with Crippen molar-refractivity contribution >= 4 is 5.91 Å². The standard InChI is InChI=1S/C17H24N4O/c1-4-7-14-16(15(8-5-2)21(3)20-14)17(22)19-12-13-9-6-10-18-11-13/h6,9-11H,4-5,7-8,12H2,1-3H3,(H,19,22). The Morgan fingerprint density at radius 2 is 2.05 bits per heavy atom. The number of rotatable bonds is 7. The first-order valence-corrected chi connectivity index (χ1v) is 7.89. The molecule has 0 saturated carbocycles. The number of aryl methyl sites for hydroxylation is 2. The van der Waals surface area contributed by atoms with E-state index in [-0.39, 0.29) is 5.91 Å². The van der Waals surface area contributed by atoms with Gasteiger partial charge < -0.3 is 5.32 Å². The second kappa shape index (κ2) is 7.73. The Hall–Kier alpha value is -2.17. The summed E-state index contributed by atoms with van der Waals surface area (Å²) in [6, 6.07) is 3.83. The van der Waals surface area contributed by atoms with Gasteiger partial charge >= 0.3 is 0 Å². The molecule has 0 radical (unpaired) electrons. The van der Waals surface area contributed by atoms with Crippen molar-refractivity contribution in [2.45, 2.75) is 46.1 Å². The molecule has 0 aliphatic heterocycles. The predicted molar refractivity (Wildman–Crippen MR) is 86.6 cm³/mol. The molecule has 0 bridgehead atoms. The highest BCUT2D eigenvalue weighted by Gasteiger charge is 2.21. The van der Waals surface area contributed by atoms with E-state index in [0.717, 1.165) is 48.2 Å². The van der Waals surface area contributed by atoms with Crippen LogP contribution >= 0.6 is 0 Å². The Morgan fingerprint density at radius 3 is 2.68 bits per heavy atom. The van der Waals surface area contributed by atoms with Crippen LogP contribution in [0.15, 0.2) is 24.5 Å². The van der Waals surface area contributed by atoms with E-state index in [2.05, 4.69) is 29.2 Å². The number of carbonyl (C=O) groups is 1. The second-order valence-corrected chi connectivity index (χ2v) is 5.44. The smallest absolute Gasteiger partial charge is 0.255 e. The number of hydrogen-bond acceptors (Lipinski definition) is 3. The molecular weight excluding hydrogens is 276 g/mol. The maximum atomic E-state index is 12.6. The highest BCUT2D eigenvalue weighted by atomic mass is 16.1. The first-order valence-electron chi connectivity index (χ1n) is 7.89. The van der Waals surface area contributed by atoms with E-state index >= 15 is 0 Å². The van der Waals surface area contributed by atoms with Gasteiger partial charge in [0.1, 0.15) is 0 Å². The van der Waals surface area contributed by atoms with Crippen LogP contribution in [-0.2, 0) is 26.4 Å². The predicted octanol–water partition coefficient (Wildman–Crippen LogP) is 2.65. The first kappa shape index (κ1) is 16.2. The number of carbonyl (C=O) groups excluding carboxylic acids is 1. The monoisotopic (exact) mass is 300 g/mol. The largest absolute Gasteiger partial charge is 0.348 e. The van der Waals surface area contributed by atoms with Gasteiger partial charge in [-0.25, -0.2) is 0 Å². The molecule has 2 heterocycles. The molecular formula is C17H24N4O. The second-order valence-electron chi connectivity index (χ2n) is 5.44. The van der Waals surface area contributed by atoms with Gasteiger partial charge in [0.05, 0.1) is 17.0 Å². The van der Waals surface area contributed by atoms with Crippen LogP contribution < -0.4 is 5.32 Å². The first-order chi connectivity index (χ1) is 10.7. The molecule has 0 unspecified atom stereocenters. The summed E-state index contributed by atoms with van der Waals surface area (Å²) in [5, 5.41) is 7.53. The van der Waals surface area contributed by atoms with Crippen LogP contribution in [0.25, 0.3) is 0 Å². The van der Waals surface area contributed by atoms with Gasteiger partial charge in [-0.1, -0.05) is 32.8 Å². The lowest BCUT2D eigenvalue weighted by molar-refractivity contribution is 0.0949. The van der Waals surface area contributed by atoms with Gasteiger partial charge in [0, 0.05) is 26.0 Å². The van der Waals surface area contributed by atoms with E-state index in [1.54, 1.807) is 12.4 Å². The van der Waals surface area contributed by atoms with E-state index in [1.165, 1.54) is 0 Å². The molecule has 118 valence electrons. The molecule has 0 aliphatic rings. The van der Waals surface area contributed by atoms with Crippen LogP contribution in [0.2, 0.25) is 0 Å². The van der Waals surface area contributed by atoms with Crippen molar-refractivity contribution < 1.29 is 4.79 Å². The minimum atomic E-state index is -0.0381. The molecule has 0 aliphatic carbocycles. The van der Waals surface area contributed by atoms with Crippen LogP contribution in [0, 0.1) is 0 Å². The number of amides is 1. The van der Waals surface area contributed by atoms with Gasteiger partial charge in [-0.3, -0.25) is 14.5 Å². The maximum absolute atomic E-state index is 12.6. The average Bonchev–Trinajstić information content (AvgIpc) is 2.83. The molecule has 0 atom stereocenters. The highest BCUT2D eigenvalue weighted by Crippen LogP contribution is 2.17. The molecule has 1 amide bonds. The Bertz CT molecular complexity index is 619. The summed E-state index contributed by atoms with van der Waals surface area (Å²) in [5.74, 6) is -0.0381. The van der Waals surface area contributed by atoms with Crippen molar-refractivity contribution in [1.82, 2.24) is 20.1 Å². The van der Waals surface area contributed by atoms with E-state index in [9.17, 15) is 4.79 Å². The maximum Gasteiger partial charge on any atom is 0.255 e. The third kappa shape index (κ3) is 3.72. The third-order valence-corrected chi connectivity index (χ3v) is 3.62. The zero-order valence-electron chi connectivity index (χ0n) is 13.6. The van der Waals surface area contributed by atoms with E-state index in [4.69, 9.17) is 0 Å². The van der Waals surface area contributed by atoms with Gasteiger partial charge in [-0.2, -0.15) is 5.10 Å². The van der Waals surface area contributed by atoms with Gasteiger partial charge in [0.2, 0.25) is 0 Å². The van der Waals surface area contributed by atoms with Crippen LogP contribution in [0.1, 0.15) is 54.0 Å². The highest BCUT2D eigenvalue weighted by molar-refractivity contribution is 5.96. The minimum Gasteiger partial charge on any atom is -0.348 e. The summed E-state index contributed by atoms with van der Waals surface area (Å²) < 4.78 is 1.85. The molecule has 2 aromatic heterocycles. The van der Waals surface area contributed by atoms with Crippen molar-refractivity contribution in [3.8, 4) is 0 Å². The van der Waals surface area contributed by atoms with Gasteiger partial charge in [0.15, 0.2) is 0 Å². The van der Waals surface area contributed by atoms with Gasteiger partial charge in [0.25, 0.3) is 5.91 Å². The van der Waals surface area contributed by atoms with Crippen molar-refractivity contribution in [2.75, 3.05) is 0 Å².